The first-order chi connectivity index (χ1) is 8.58. The monoisotopic (exact) mass is 302 g/mol. The van der Waals surface area contributed by atoms with E-state index >= 15 is 0 Å². The highest BCUT2D eigenvalue weighted by Crippen LogP contribution is 2.21. The fraction of sp³-hybridized carbons (Fsp3) is 0.188. The van der Waals surface area contributed by atoms with Gasteiger partial charge in [-0.25, -0.2) is 0 Å². The molecule has 0 spiro atoms. The number of hydrogen-bond acceptors (Lipinski definition) is 1. The number of carbonyl (C=O) groups is 1. The quantitative estimate of drug-likeness (QED) is 0.763. The Morgan fingerprint density at radius 1 is 1.11 bits per heavy atom. The zero-order chi connectivity index (χ0) is 13.1. The topological polar surface area (TPSA) is 17.1 Å². The molecule has 0 bridgehead atoms. The maximum absolute atomic E-state index is 12.3. The molecule has 2 aromatic carbocycles. The summed E-state index contributed by atoms with van der Waals surface area (Å²) < 4.78 is 0.867. The predicted octanol–water partition coefficient (Wildman–Crippen LogP) is 4.49. The van der Waals surface area contributed by atoms with Gasteiger partial charge in [0.05, 0.1) is 0 Å². The summed E-state index contributed by atoms with van der Waals surface area (Å²) >= 11 is 3.44. The van der Waals surface area contributed by atoms with E-state index < -0.39 is 0 Å². The average Bonchev–Trinajstić information content (AvgIpc) is 2.35. The Morgan fingerprint density at radius 2 is 1.83 bits per heavy atom. The molecule has 0 fully saturated rings. The molecule has 0 heterocycles. The van der Waals surface area contributed by atoms with Crippen LogP contribution in [-0.4, -0.2) is 5.78 Å². The number of carbonyl (C=O) groups excluding carboxylic acids is 1. The van der Waals surface area contributed by atoms with Crippen molar-refractivity contribution in [3.05, 3.63) is 69.2 Å². The van der Waals surface area contributed by atoms with Gasteiger partial charge < -0.3 is 0 Å². The molecule has 0 N–H and O–H groups in total. The van der Waals surface area contributed by atoms with E-state index in [4.69, 9.17) is 0 Å². The van der Waals surface area contributed by atoms with Gasteiger partial charge in [-0.3, -0.25) is 4.79 Å². The van der Waals surface area contributed by atoms with Gasteiger partial charge in [0, 0.05) is 16.5 Å². The second-order valence-corrected chi connectivity index (χ2v) is 5.36. The van der Waals surface area contributed by atoms with Crippen molar-refractivity contribution in [2.45, 2.75) is 20.3 Å². The zero-order valence-corrected chi connectivity index (χ0v) is 12.1. The Balaban J connectivity index is 2.28. The number of aryl methyl sites for hydroxylation is 2. The van der Waals surface area contributed by atoms with E-state index in [-0.39, 0.29) is 5.78 Å². The third-order valence-electron chi connectivity index (χ3n) is 3.03. The van der Waals surface area contributed by atoms with Crippen LogP contribution in [0.2, 0.25) is 0 Å². The summed E-state index contributed by atoms with van der Waals surface area (Å²) in [6, 6.07) is 13.9. The lowest BCUT2D eigenvalue weighted by Gasteiger charge is -2.07. The lowest BCUT2D eigenvalue weighted by molar-refractivity contribution is 0.0992. The van der Waals surface area contributed by atoms with Gasteiger partial charge in [0.25, 0.3) is 0 Å². The molecular formula is C16H15BrO. The van der Waals surface area contributed by atoms with E-state index in [0.29, 0.717) is 6.42 Å². The largest absolute Gasteiger partial charge is 0.294 e. The first-order valence-electron chi connectivity index (χ1n) is 5.92. The van der Waals surface area contributed by atoms with E-state index in [2.05, 4.69) is 15.9 Å². The SMILES string of the molecule is Cc1ccc(Br)c(C(=O)Cc2ccccc2C)c1. The van der Waals surface area contributed by atoms with Crippen LogP contribution in [0, 0.1) is 13.8 Å². The molecule has 0 unspecified atom stereocenters. The molecule has 0 aliphatic rings. The molecule has 0 amide bonds. The number of ketones is 1. The standard InChI is InChI=1S/C16H15BrO/c1-11-7-8-15(17)14(9-11)16(18)10-13-6-4-3-5-12(13)2/h3-9H,10H2,1-2H3. The van der Waals surface area contributed by atoms with Crippen LogP contribution in [0.25, 0.3) is 0 Å². The second kappa shape index (κ2) is 5.49. The molecule has 1 nitrogen and oxygen atoms in total. The highest BCUT2D eigenvalue weighted by Gasteiger charge is 2.12. The highest BCUT2D eigenvalue weighted by molar-refractivity contribution is 9.10. The summed E-state index contributed by atoms with van der Waals surface area (Å²) in [4.78, 5) is 12.3. The van der Waals surface area contributed by atoms with Gasteiger partial charge in [-0.2, -0.15) is 0 Å². The molecular weight excluding hydrogens is 288 g/mol. The molecule has 0 saturated carbocycles. The van der Waals surface area contributed by atoms with Crippen LogP contribution in [0.3, 0.4) is 0 Å². The van der Waals surface area contributed by atoms with Crippen LogP contribution in [0.4, 0.5) is 0 Å². The molecule has 0 radical (unpaired) electrons. The van der Waals surface area contributed by atoms with Crippen molar-refractivity contribution in [1.29, 1.82) is 0 Å². The second-order valence-electron chi connectivity index (χ2n) is 4.51. The number of benzene rings is 2. The smallest absolute Gasteiger partial charge is 0.168 e. The molecule has 0 aliphatic carbocycles. The van der Waals surface area contributed by atoms with E-state index in [1.54, 1.807) is 0 Å². The van der Waals surface area contributed by atoms with Gasteiger partial charge in [-0.15, -0.1) is 0 Å². The Kier molecular flexibility index (Phi) is 3.97. The van der Waals surface area contributed by atoms with Crippen molar-refractivity contribution in [1.82, 2.24) is 0 Å². The van der Waals surface area contributed by atoms with Crippen LogP contribution in [0.1, 0.15) is 27.0 Å². The molecule has 0 aliphatic heterocycles. The summed E-state index contributed by atoms with van der Waals surface area (Å²) in [5.74, 6) is 0.153. The molecule has 0 atom stereocenters. The molecule has 2 heteroatoms. The average molecular weight is 303 g/mol. The van der Waals surface area contributed by atoms with Crippen molar-refractivity contribution >= 4 is 21.7 Å². The van der Waals surface area contributed by atoms with Gasteiger partial charge in [0.1, 0.15) is 0 Å². The first-order valence-corrected chi connectivity index (χ1v) is 6.71. The van der Waals surface area contributed by atoms with Crippen molar-refractivity contribution in [3.8, 4) is 0 Å². The fourth-order valence-electron chi connectivity index (χ4n) is 1.93. The highest BCUT2D eigenvalue weighted by atomic mass is 79.9. The summed E-state index contributed by atoms with van der Waals surface area (Å²) in [7, 11) is 0. The van der Waals surface area contributed by atoms with Crippen LogP contribution >= 0.6 is 15.9 Å². The van der Waals surface area contributed by atoms with E-state index in [0.717, 1.165) is 26.7 Å². The van der Waals surface area contributed by atoms with Crippen molar-refractivity contribution < 1.29 is 4.79 Å². The number of rotatable bonds is 3. The van der Waals surface area contributed by atoms with E-state index in [1.807, 2.05) is 56.3 Å². The maximum Gasteiger partial charge on any atom is 0.168 e. The molecule has 92 valence electrons. The van der Waals surface area contributed by atoms with Crippen molar-refractivity contribution in [2.75, 3.05) is 0 Å². The summed E-state index contributed by atoms with van der Waals surface area (Å²) in [6.45, 7) is 4.03. The lowest BCUT2D eigenvalue weighted by atomic mass is 9.99. The van der Waals surface area contributed by atoms with Gasteiger partial charge in [0.2, 0.25) is 0 Å². The Labute approximate surface area is 116 Å². The van der Waals surface area contributed by atoms with Crippen molar-refractivity contribution in [2.24, 2.45) is 0 Å². The van der Waals surface area contributed by atoms with E-state index in [9.17, 15) is 4.79 Å². The number of Topliss-reactive ketones (excluding diaryl/α,β-unsaturated/α-hetero) is 1. The molecule has 2 rings (SSSR count). The van der Waals surface area contributed by atoms with Crippen LogP contribution < -0.4 is 0 Å². The summed E-state index contributed by atoms with van der Waals surface area (Å²) in [6.07, 6.45) is 0.453. The Hall–Kier alpha value is -1.41. The molecule has 0 aromatic heterocycles. The van der Waals surface area contributed by atoms with E-state index in [1.165, 1.54) is 0 Å². The minimum absolute atomic E-state index is 0.153. The maximum atomic E-state index is 12.3. The van der Waals surface area contributed by atoms with Gasteiger partial charge in [-0.1, -0.05) is 51.8 Å². The Bertz CT molecular complexity index is 587. The summed E-state index contributed by atoms with van der Waals surface area (Å²) in [5.41, 5.74) is 4.12. The van der Waals surface area contributed by atoms with Crippen molar-refractivity contribution in [3.63, 3.8) is 0 Å². The lowest BCUT2D eigenvalue weighted by Crippen LogP contribution is -2.06. The minimum atomic E-state index is 0.153. The number of hydrogen-bond donors (Lipinski definition) is 0. The number of halogens is 1. The minimum Gasteiger partial charge on any atom is -0.294 e. The Morgan fingerprint density at radius 3 is 2.56 bits per heavy atom. The third kappa shape index (κ3) is 2.88. The fourth-order valence-corrected chi connectivity index (χ4v) is 2.40. The molecule has 2 aromatic rings. The normalized spacial score (nSPS) is 10.4. The van der Waals surface area contributed by atoms with Gasteiger partial charge >= 0.3 is 0 Å². The first kappa shape index (κ1) is 13.0. The summed E-state index contributed by atoms with van der Waals surface area (Å²) in [5, 5.41) is 0. The van der Waals surface area contributed by atoms with Crippen LogP contribution in [0.15, 0.2) is 46.9 Å². The zero-order valence-electron chi connectivity index (χ0n) is 10.5. The predicted molar refractivity (Wildman–Crippen MR) is 78.1 cm³/mol. The van der Waals surface area contributed by atoms with Gasteiger partial charge in [-0.05, 0) is 37.1 Å². The van der Waals surface area contributed by atoms with Crippen LogP contribution in [0.5, 0.6) is 0 Å². The van der Waals surface area contributed by atoms with Crippen LogP contribution in [-0.2, 0) is 6.42 Å². The molecule has 0 saturated heterocycles. The van der Waals surface area contributed by atoms with Gasteiger partial charge in [0.15, 0.2) is 5.78 Å². The molecule has 18 heavy (non-hydrogen) atoms. The third-order valence-corrected chi connectivity index (χ3v) is 3.73.